The van der Waals surface area contributed by atoms with E-state index in [1.807, 2.05) is 18.7 Å². The summed E-state index contributed by atoms with van der Waals surface area (Å²) in [5.74, 6) is -0.214. The third-order valence-electron chi connectivity index (χ3n) is 4.85. The van der Waals surface area contributed by atoms with E-state index in [1.165, 1.54) is 16.4 Å². The van der Waals surface area contributed by atoms with E-state index in [-0.39, 0.29) is 36.1 Å². The number of carbonyl (C=O) groups excluding carboxylic acids is 1. The van der Waals surface area contributed by atoms with E-state index in [1.54, 1.807) is 12.1 Å². The van der Waals surface area contributed by atoms with Gasteiger partial charge in [-0.3, -0.25) is 9.69 Å². The number of hydrogen-bond acceptors (Lipinski definition) is 6. The molecule has 2 aliphatic rings. The van der Waals surface area contributed by atoms with Gasteiger partial charge >= 0.3 is 0 Å². The second kappa shape index (κ2) is 8.57. The van der Waals surface area contributed by atoms with Crippen LogP contribution in [-0.2, 0) is 19.6 Å². The van der Waals surface area contributed by atoms with Crippen LogP contribution in [-0.4, -0.2) is 68.0 Å². The van der Waals surface area contributed by atoms with Gasteiger partial charge in [-0.1, -0.05) is 0 Å². The maximum atomic E-state index is 12.9. The van der Waals surface area contributed by atoms with Crippen molar-refractivity contribution in [2.75, 3.05) is 31.5 Å². The molecule has 2 fully saturated rings. The topological polar surface area (TPSA) is 103 Å². The monoisotopic (exact) mass is 406 g/mol. The first-order valence-corrected chi connectivity index (χ1v) is 10.9. The third kappa shape index (κ3) is 5.08. The average Bonchev–Trinajstić information content (AvgIpc) is 3.46. The van der Waals surface area contributed by atoms with Gasteiger partial charge in [0.25, 0.3) is 0 Å². The Hall–Kier alpha value is -1.99. The second-order valence-electron chi connectivity index (χ2n) is 7.45. The van der Waals surface area contributed by atoms with Crippen LogP contribution in [0, 0.1) is 11.3 Å². The highest BCUT2D eigenvalue weighted by Crippen LogP contribution is 2.26. The smallest absolute Gasteiger partial charge is 0.243 e. The fourth-order valence-corrected chi connectivity index (χ4v) is 5.01. The molecule has 1 aromatic carbocycles. The fraction of sp³-hybridized carbons (Fsp3) is 0.579. The molecule has 1 saturated carbocycles. The molecule has 1 aromatic rings. The van der Waals surface area contributed by atoms with Crippen LogP contribution in [0.2, 0.25) is 0 Å². The number of rotatable bonds is 7. The van der Waals surface area contributed by atoms with E-state index in [4.69, 9.17) is 10.00 Å². The van der Waals surface area contributed by atoms with Gasteiger partial charge in [0.15, 0.2) is 0 Å². The van der Waals surface area contributed by atoms with Gasteiger partial charge in [-0.05, 0) is 51.0 Å². The predicted molar refractivity (Wildman–Crippen MR) is 104 cm³/mol. The summed E-state index contributed by atoms with van der Waals surface area (Å²) in [6.45, 7) is 4.73. The van der Waals surface area contributed by atoms with Crippen molar-refractivity contribution in [2.45, 2.75) is 49.8 Å². The van der Waals surface area contributed by atoms with Gasteiger partial charge in [-0.2, -0.15) is 9.57 Å². The van der Waals surface area contributed by atoms with Crippen LogP contribution < -0.4 is 5.32 Å². The first-order valence-electron chi connectivity index (χ1n) is 9.46. The maximum Gasteiger partial charge on any atom is 0.243 e. The molecule has 28 heavy (non-hydrogen) atoms. The first kappa shape index (κ1) is 20.7. The largest absolute Gasteiger partial charge is 0.373 e. The highest BCUT2D eigenvalue weighted by molar-refractivity contribution is 7.89. The molecule has 0 aromatic heterocycles. The van der Waals surface area contributed by atoms with Crippen molar-refractivity contribution in [3.05, 3.63) is 24.3 Å². The van der Waals surface area contributed by atoms with Crippen molar-refractivity contribution in [2.24, 2.45) is 0 Å². The molecule has 8 nitrogen and oxygen atoms in total. The fourth-order valence-electron chi connectivity index (χ4n) is 3.42. The summed E-state index contributed by atoms with van der Waals surface area (Å²) in [4.78, 5) is 14.3. The lowest BCUT2D eigenvalue weighted by Crippen LogP contribution is -2.48. The second-order valence-corrected chi connectivity index (χ2v) is 9.38. The Labute approximate surface area is 166 Å². The summed E-state index contributed by atoms with van der Waals surface area (Å²) in [6.07, 6.45) is 1.72. The van der Waals surface area contributed by atoms with Crippen LogP contribution in [0.4, 0.5) is 5.69 Å². The van der Waals surface area contributed by atoms with Crippen LogP contribution in [0.1, 0.15) is 26.7 Å². The highest BCUT2D eigenvalue weighted by atomic mass is 32.2. The summed E-state index contributed by atoms with van der Waals surface area (Å²) in [6, 6.07) is 8.58. The number of sulfonamides is 1. The van der Waals surface area contributed by atoms with Crippen molar-refractivity contribution < 1.29 is 17.9 Å². The Morgan fingerprint density at radius 1 is 1.25 bits per heavy atom. The Bertz CT molecular complexity index is 836. The maximum absolute atomic E-state index is 12.9. The minimum absolute atomic E-state index is 0.153. The molecule has 1 amide bonds. The SMILES string of the molecule is CC1CN(S(=O)(=O)c2ccc(NC(=O)CN(CC#N)C3CC3)cc2)CC(C)O1. The number of carbonyl (C=O) groups is 1. The van der Waals surface area contributed by atoms with E-state index in [0.29, 0.717) is 24.8 Å². The van der Waals surface area contributed by atoms with Crippen molar-refractivity contribution in [3.63, 3.8) is 0 Å². The molecule has 2 unspecified atom stereocenters. The van der Waals surface area contributed by atoms with Crippen LogP contribution >= 0.6 is 0 Å². The van der Waals surface area contributed by atoms with Gasteiger partial charge in [0.2, 0.25) is 15.9 Å². The van der Waals surface area contributed by atoms with Gasteiger partial charge in [0, 0.05) is 24.8 Å². The molecule has 0 radical (unpaired) electrons. The number of nitrogens with zero attached hydrogens (tertiary/aromatic N) is 3. The summed E-state index contributed by atoms with van der Waals surface area (Å²) in [5, 5.41) is 11.6. The van der Waals surface area contributed by atoms with E-state index < -0.39 is 10.0 Å². The van der Waals surface area contributed by atoms with Gasteiger partial charge in [0.1, 0.15) is 0 Å². The van der Waals surface area contributed by atoms with Gasteiger partial charge in [-0.15, -0.1) is 0 Å². The first-order chi connectivity index (χ1) is 13.3. The molecule has 3 rings (SSSR count). The van der Waals surface area contributed by atoms with Gasteiger partial charge in [-0.25, -0.2) is 8.42 Å². The quantitative estimate of drug-likeness (QED) is 0.687. The molecular weight excluding hydrogens is 380 g/mol. The number of anilines is 1. The Morgan fingerprint density at radius 3 is 2.39 bits per heavy atom. The molecule has 0 bridgehead atoms. The molecule has 0 spiro atoms. The minimum atomic E-state index is -3.61. The summed E-state index contributed by atoms with van der Waals surface area (Å²) in [5.41, 5.74) is 0.528. The molecule has 1 saturated heterocycles. The molecule has 1 aliphatic heterocycles. The number of ether oxygens (including phenoxy) is 1. The third-order valence-corrected chi connectivity index (χ3v) is 6.69. The summed E-state index contributed by atoms with van der Waals surface area (Å²) < 4.78 is 32.8. The standard InChI is InChI=1S/C19H26N4O4S/c1-14-11-23(12-15(2)27-14)28(25,26)18-7-3-16(4-8-18)21-19(24)13-22(10-9-20)17-5-6-17/h3-4,7-8,14-15,17H,5-6,10-13H2,1-2H3,(H,21,24). The zero-order chi connectivity index (χ0) is 20.3. The van der Waals surface area contributed by atoms with E-state index in [2.05, 4.69) is 11.4 Å². The van der Waals surface area contributed by atoms with Crippen LogP contribution in [0.5, 0.6) is 0 Å². The summed E-state index contributed by atoms with van der Waals surface area (Å²) in [7, 11) is -3.61. The van der Waals surface area contributed by atoms with Crippen LogP contribution in [0.3, 0.4) is 0 Å². The number of benzene rings is 1. The van der Waals surface area contributed by atoms with Gasteiger partial charge < -0.3 is 10.1 Å². The zero-order valence-electron chi connectivity index (χ0n) is 16.2. The molecule has 1 N–H and O–H groups in total. The van der Waals surface area contributed by atoms with Crippen molar-refractivity contribution in [1.82, 2.24) is 9.21 Å². The Morgan fingerprint density at radius 2 is 1.86 bits per heavy atom. The van der Waals surface area contributed by atoms with Gasteiger partial charge in [0.05, 0.1) is 36.3 Å². The van der Waals surface area contributed by atoms with Crippen molar-refractivity contribution in [3.8, 4) is 6.07 Å². The zero-order valence-corrected chi connectivity index (χ0v) is 17.0. The molecule has 1 aliphatic carbocycles. The average molecular weight is 407 g/mol. The normalized spacial score (nSPS) is 23.4. The molecular formula is C19H26N4O4S. The van der Waals surface area contributed by atoms with E-state index in [9.17, 15) is 13.2 Å². The summed E-state index contributed by atoms with van der Waals surface area (Å²) >= 11 is 0. The van der Waals surface area contributed by atoms with Crippen molar-refractivity contribution >= 4 is 21.6 Å². The number of morpholine rings is 1. The number of hydrogen-bond donors (Lipinski definition) is 1. The minimum Gasteiger partial charge on any atom is -0.373 e. The Kier molecular flexibility index (Phi) is 6.35. The Balaban J connectivity index is 1.62. The lowest BCUT2D eigenvalue weighted by atomic mass is 10.3. The number of amides is 1. The lowest BCUT2D eigenvalue weighted by Gasteiger charge is -2.34. The van der Waals surface area contributed by atoms with E-state index >= 15 is 0 Å². The number of nitrogens with one attached hydrogen (secondary N) is 1. The van der Waals surface area contributed by atoms with Crippen molar-refractivity contribution in [1.29, 1.82) is 5.26 Å². The van der Waals surface area contributed by atoms with Crippen LogP contribution in [0.15, 0.2) is 29.2 Å². The molecule has 152 valence electrons. The van der Waals surface area contributed by atoms with Crippen LogP contribution in [0.25, 0.3) is 0 Å². The molecule has 9 heteroatoms. The lowest BCUT2D eigenvalue weighted by molar-refractivity contribution is -0.117. The number of nitriles is 1. The van der Waals surface area contributed by atoms with E-state index in [0.717, 1.165) is 12.8 Å². The molecule has 1 heterocycles. The highest BCUT2D eigenvalue weighted by Gasteiger charge is 2.32. The predicted octanol–water partition coefficient (Wildman–Crippen LogP) is 1.41. The molecule has 2 atom stereocenters.